The number of nitrogens with zero attached hydrogens (tertiary/aromatic N) is 4. The maximum atomic E-state index is 13.3. The first-order chi connectivity index (χ1) is 19.2. The number of nitrogens with one attached hydrogen (secondary N) is 2. The fourth-order valence-electron chi connectivity index (χ4n) is 3.73. The van der Waals surface area contributed by atoms with Gasteiger partial charge in [0.05, 0.1) is 33.8 Å². The lowest BCUT2D eigenvalue weighted by molar-refractivity contribution is -0.137. The summed E-state index contributed by atoms with van der Waals surface area (Å²) in [5.41, 5.74) is 6.98. The zero-order valence-electron chi connectivity index (χ0n) is 20.4. The molecule has 0 atom stereocenters. The number of pyridine rings is 2. The minimum Gasteiger partial charge on any atom is -0.439 e. The van der Waals surface area contributed by atoms with Crippen molar-refractivity contribution in [2.45, 2.75) is 6.18 Å². The van der Waals surface area contributed by atoms with Crippen molar-refractivity contribution in [2.75, 3.05) is 16.4 Å². The van der Waals surface area contributed by atoms with Crippen molar-refractivity contribution >= 4 is 34.8 Å². The van der Waals surface area contributed by atoms with Crippen LogP contribution in [0.25, 0.3) is 16.8 Å². The molecule has 3 heterocycles. The molecule has 9 nitrogen and oxygen atoms in total. The molecule has 0 saturated carbocycles. The van der Waals surface area contributed by atoms with Crippen molar-refractivity contribution in [2.24, 2.45) is 0 Å². The van der Waals surface area contributed by atoms with E-state index in [0.29, 0.717) is 22.2 Å². The summed E-state index contributed by atoms with van der Waals surface area (Å²) in [6.45, 7) is 0. The minimum absolute atomic E-state index is 0.0808. The Morgan fingerprint density at radius 1 is 0.975 bits per heavy atom. The lowest BCUT2D eigenvalue weighted by Gasteiger charge is -2.15. The molecule has 0 spiro atoms. The number of benzene rings is 2. The molecule has 40 heavy (non-hydrogen) atoms. The number of rotatable bonds is 6. The van der Waals surface area contributed by atoms with Gasteiger partial charge < -0.3 is 21.1 Å². The minimum atomic E-state index is -4.59. The van der Waals surface area contributed by atoms with Gasteiger partial charge in [-0.2, -0.15) is 18.3 Å². The van der Waals surface area contributed by atoms with Crippen LogP contribution in [-0.4, -0.2) is 25.8 Å². The number of nitrogens with two attached hydrogens (primary N) is 1. The molecular formula is C27H19ClF3N7O2. The van der Waals surface area contributed by atoms with Crippen molar-refractivity contribution in [3.63, 3.8) is 0 Å². The SMILES string of the molecule is Nc1ncc(Cl)cc1-c1ccc(Oc2ccc(NC(=O)Nc3cc(C(F)(F)F)ccc3-n3cccn3)cn2)cc1. The highest BCUT2D eigenvalue weighted by atomic mass is 35.5. The summed E-state index contributed by atoms with van der Waals surface area (Å²) in [6, 6.07) is 15.7. The van der Waals surface area contributed by atoms with Gasteiger partial charge in [0.15, 0.2) is 0 Å². The molecule has 5 rings (SSSR count). The van der Waals surface area contributed by atoms with Crippen LogP contribution in [0.5, 0.6) is 11.6 Å². The average Bonchev–Trinajstić information content (AvgIpc) is 3.46. The number of carbonyl (C=O) groups is 1. The first-order valence-corrected chi connectivity index (χ1v) is 12.0. The quantitative estimate of drug-likeness (QED) is 0.203. The van der Waals surface area contributed by atoms with E-state index >= 15 is 0 Å². The van der Waals surface area contributed by atoms with E-state index in [1.807, 2.05) is 0 Å². The van der Waals surface area contributed by atoms with E-state index in [1.165, 1.54) is 41.5 Å². The van der Waals surface area contributed by atoms with E-state index < -0.39 is 17.8 Å². The predicted molar refractivity (Wildman–Crippen MR) is 145 cm³/mol. The fourth-order valence-corrected chi connectivity index (χ4v) is 3.89. The monoisotopic (exact) mass is 565 g/mol. The highest BCUT2D eigenvalue weighted by Crippen LogP contribution is 2.34. The zero-order chi connectivity index (χ0) is 28.3. The zero-order valence-corrected chi connectivity index (χ0v) is 21.1. The van der Waals surface area contributed by atoms with Crippen molar-refractivity contribution in [3.05, 3.63) is 102 Å². The Bertz CT molecular complexity index is 1640. The van der Waals surface area contributed by atoms with Crippen LogP contribution >= 0.6 is 11.6 Å². The second kappa shape index (κ2) is 10.9. The largest absolute Gasteiger partial charge is 0.439 e. The highest BCUT2D eigenvalue weighted by Gasteiger charge is 2.31. The van der Waals surface area contributed by atoms with Gasteiger partial charge in [-0.15, -0.1) is 0 Å². The van der Waals surface area contributed by atoms with Gasteiger partial charge in [-0.25, -0.2) is 19.4 Å². The van der Waals surface area contributed by atoms with Gasteiger partial charge in [0, 0.05) is 30.2 Å². The normalized spacial score (nSPS) is 11.2. The van der Waals surface area contributed by atoms with E-state index in [-0.39, 0.29) is 22.9 Å². The van der Waals surface area contributed by atoms with E-state index in [1.54, 1.807) is 42.6 Å². The summed E-state index contributed by atoms with van der Waals surface area (Å²) < 4.78 is 46.9. The number of hydrogen-bond donors (Lipinski definition) is 3. The summed E-state index contributed by atoms with van der Waals surface area (Å²) in [7, 11) is 0. The molecule has 202 valence electrons. The van der Waals surface area contributed by atoms with Gasteiger partial charge in [-0.3, -0.25) is 0 Å². The molecule has 2 amide bonds. The lowest BCUT2D eigenvalue weighted by atomic mass is 10.1. The van der Waals surface area contributed by atoms with Gasteiger partial charge in [0.2, 0.25) is 5.88 Å². The van der Waals surface area contributed by atoms with Crippen LogP contribution in [0.15, 0.2) is 91.5 Å². The van der Waals surface area contributed by atoms with Crippen LogP contribution in [0.2, 0.25) is 5.02 Å². The molecule has 13 heteroatoms. The lowest BCUT2D eigenvalue weighted by Crippen LogP contribution is -2.21. The molecule has 5 aromatic rings. The molecule has 0 unspecified atom stereocenters. The summed E-state index contributed by atoms with van der Waals surface area (Å²) in [4.78, 5) is 20.8. The highest BCUT2D eigenvalue weighted by molar-refractivity contribution is 6.30. The smallest absolute Gasteiger partial charge is 0.416 e. The maximum absolute atomic E-state index is 13.3. The predicted octanol–water partition coefficient (Wildman–Crippen LogP) is 7.02. The number of hydrogen-bond acceptors (Lipinski definition) is 6. The van der Waals surface area contributed by atoms with Crippen molar-refractivity contribution in [1.29, 1.82) is 0 Å². The summed E-state index contributed by atoms with van der Waals surface area (Å²) >= 11 is 6.01. The molecular weight excluding hydrogens is 547 g/mol. The average molecular weight is 566 g/mol. The van der Waals surface area contributed by atoms with Crippen LogP contribution in [0.1, 0.15) is 5.56 Å². The molecule has 0 aliphatic carbocycles. The Morgan fingerprint density at radius 3 is 2.45 bits per heavy atom. The summed E-state index contributed by atoms with van der Waals surface area (Å²) in [5.74, 6) is 1.10. The third kappa shape index (κ3) is 6.13. The van der Waals surface area contributed by atoms with Crippen LogP contribution in [0.4, 0.5) is 35.2 Å². The number of aromatic nitrogens is 4. The molecule has 0 bridgehead atoms. The van der Waals surface area contributed by atoms with Crippen molar-refractivity contribution in [3.8, 4) is 28.4 Å². The van der Waals surface area contributed by atoms with E-state index in [9.17, 15) is 18.0 Å². The van der Waals surface area contributed by atoms with E-state index in [2.05, 4.69) is 25.7 Å². The van der Waals surface area contributed by atoms with Gasteiger partial charge in [0.25, 0.3) is 0 Å². The molecule has 2 aromatic carbocycles. The number of nitrogen functional groups attached to an aromatic ring is 1. The first-order valence-electron chi connectivity index (χ1n) is 11.6. The van der Waals surface area contributed by atoms with Gasteiger partial charge in [-0.1, -0.05) is 23.7 Å². The second-order valence-electron chi connectivity index (χ2n) is 8.36. The molecule has 0 fully saturated rings. The van der Waals surface area contributed by atoms with E-state index in [4.69, 9.17) is 22.1 Å². The van der Waals surface area contributed by atoms with Crippen LogP contribution < -0.4 is 21.1 Å². The Hall–Kier alpha value is -5.10. The Balaban J connectivity index is 1.25. The summed E-state index contributed by atoms with van der Waals surface area (Å²) in [5, 5.41) is 9.48. The molecule has 4 N–H and O–H groups in total. The van der Waals surface area contributed by atoms with Crippen molar-refractivity contribution in [1.82, 2.24) is 19.7 Å². The maximum Gasteiger partial charge on any atom is 0.416 e. The number of ether oxygens (including phenoxy) is 1. The second-order valence-corrected chi connectivity index (χ2v) is 8.79. The first kappa shape index (κ1) is 26.5. The van der Waals surface area contributed by atoms with Gasteiger partial charge in [0.1, 0.15) is 11.6 Å². The number of halogens is 4. The van der Waals surface area contributed by atoms with E-state index in [0.717, 1.165) is 17.7 Å². The van der Waals surface area contributed by atoms with Crippen LogP contribution in [0.3, 0.4) is 0 Å². The number of alkyl halides is 3. The van der Waals surface area contributed by atoms with Crippen molar-refractivity contribution < 1.29 is 22.7 Å². The topological polar surface area (TPSA) is 120 Å². The Morgan fingerprint density at radius 2 is 1.77 bits per heavy atom. The fraction of sp³-hybridized carbons (Fsp3) is 0.0370. The summed E-state index contributed by atoms with van der Waals surface area (Å²) in [6.07, 6.45) is 1.25. The number of urea groups is 1. The molecule has 0 saturated heterocycles. The van der Waals surface area contributed by atoms with Gasteiger partial charge in [-0.05, 0) is 54.1 Å². The van der Waals surface area contributed by atoms with Crippen LogP contribution in [-0.2, 0) is 6.18 Å². The standard InChI is InChI=1S/C27H19ClF3N7O2/c28-18-13-21(25(32)34-14-18)16-2-6-20(7-3-16)40-24-9-5-19(15-33-24)36-26(39)37-22-12-17(27(29,30)31)4-8-23(22)38-11-1-10-35-38/h1-15H,(H2,32,34)(H2,36,37,39). The molecule has 0 aliphatic rings. The van der Waals surface area contributed by atoms with Crippen LogP contribution in [0, 0.1) is 0 Å². The number of carbonyl (C=O) groups excluding carboxylic acids is 1. The van der Waals surface area contributed by atoms with Gasteiger partial charge >= 0.3 is 12.2 Å². The third-order valence-corrected chi connectivity index (χ3v) is 5.80. The Kier molecular flexibility index (Phi) is 7.25. The number of anilines is 3. The molecule has 0 aliphatic heterocycles. The molecule has 3 aromatic heterocycles. The number of amides is 2. The molecule has 0 radical (unpaired) electrons. The Labute approximate surface area is 230 Å². The third-order valence-electron chi connectivity index (χ3n) is 5.59.